The van der Waals surface area contributed by atoms with Crippen molar-refractivity contribution in [3.05, 3.63) is 11.8 Å². The van der Waals surface area contributed by atoms with Crippen molar-refractivity contribution >= 4 is 0 Å². The fourth-order valence-corrected chi connectivity index (χ4v) is 1.56. The van der Waals surface area contributed by atoms with Gasteiger partial charge in [0.15, 0.2) is 0 Å². The van der Waals surface area contributed by atoms with Crippen LogP contribution in [0.3, 0.4) is 0 Å². The fraction of sp³-hybridized carbons (Fsp3) is 0.800. The lowest BCUT2D eigenvalue weighted by Crippen LogP contribution is -2.18. The maximum atomic E-state index is 3.43. The first-order valence-electron chi connectivity index (χ1n) is 4.69. The van der Waals surface area contributed by atoms with E-state index in [1.165, 1.54) is 19.3 Å². The van der Waals surface area contributed by atoms with Gasteiger partial charge in [-0.15, -0.1) is 0 Å². The lowest BCUT2D eigenvalue weighted by molar-refractivity contribution is 0.550. The van der Waals surface area contributed by atoms with Crippen molar-refractivity contribution in [2.75, 3.05) is 0 Å². The van der Waals surface area contributed by atoms with Crippen molar-refractivity contribution in [1.29, 1.82) is 0 Å². The molecule has 0 aromatic rings. The van der Waals surface area contributed by atoms with E-state index >= 15 is 0 Å². The van der Waals surface area contributed by atoms with Crippen LogP contribution in [0, 0.1) is 5.92 Å². The Morgan fingerprint density at radius 1 is 1.64 bits per heavy atom. The zero-order chi connectivity index (χ0) is 8.27. The largest absolute Gasteiger partial charge is 0.388 e. The van der Waals surface area contributed by atoms with E-state index < -0.39 is 0 Å². The van der Waals surface area contributed by atoms with E-state index in [9.17, 15) is 0 Å². The predicted octanol–water partition coefficient (Wildman–Crippen LogP) is 2.69. The average Bonchev–Trinajstić information content (AvgIpc) is 2.37. The maximum absolute atomic E-state index is 3.43. The molecule has 11 heavy (non-hydrogen) atoms. The molecule has 0 spiro atoms. The first-order valence-corrected chi connectivity index (χ1v) is 4.69. The zero-order valence-electron chi connectivity index (χ0n) is 7.85. The van der Waals surface area contributed by atoms with Crippen LogP contribution in [0.4, 0.5) is 0 Å². The van der Waals surface area contributed by atoms with Crippen LogP contribution in [-0.2, 0) is 0 Å². The molecule has 1 rings (SSSR count). The van der Waals surface area contributed by atoms with E-state index in [-0.39, 0.29) is 0 Å². The molecular weight excluding hydrogens is 134 g/mol. The van der Waals surface area contributed by atoms with Crippen molar-refractivity contribution in [2.45, 2.75) is 46.1 Å². The summed E-state index contributed by atoms with van der Waals surface area (Å²) in [4.78, 5) is 0. The molecule has 0 saturated carbocycles. The third kappa shape index (κ3) is 2.25. The molecule has 1 atom stereocenters. The van der Waals surface area contributed by atoms with E-state index in [4.69, 9.17) is 0 Å². The van der Waals surface area contributed by atoms with Gasteiger partial charge in [-0.25, -0.2) is 0 Å². The molecule has 1 aliphatic heterocycles. The number of hydrogen-bond donors (Lipinski definition) is 1. The fourth-order valence-electron chi connectivity index (χ4n) is 1.56. The minimum atomic E-state index is 0.726. The van der Waals surface area contributed by atoms with Crippen LogP contribution >= 0.6 is 0 Å². The molecule has 1 unspecified atom stereocenters. The molecule has 1 N–H and O–H groups in total. The van der Waals surface area contributed by atoms with Crippen LogP contribution in [-0.4, -0.2) is 6.04 Å². The molecule has 0 bridgehead atoms. The Labute approximate surface area is 69.9 Å². The standard InChI is InChI=1S/C10H19N/c1-4-5-10-6-9(7-11-10)8(2)3/h7-8,10-11H,4-6H2,1-3H3. The second kappa shape index (κ2) is 3.80. The van der Waals surface area contributed by atoms with E-state index in [0.717, 1.165) is 12.0 Å². The highest BCUT2D eigenvalue weighted by Gasteiger charge is 2.16. The highest BCUT2D eigenvalue weighted by Crippen LogP contribution is 2.22. The molecule has 1 aliphatic rings. The van der Waals surface area contributed by atoms with Crippen LogP contribution in [0.1, 0.15) is 40.0 Å². The molecule has 1 heterocycles. The van der Waals surface area contributed by atoms with Crippen molar-refractivity contribution < 1.29 is 0 Å². The number of hydrogen-bond acceptors (Lipinski definition) is 1. The average molecular weight is 153 g/mol. The van der Waals surface area contributed by atoms with Crippen LogP contribution in [0.15, 0.2) is 11.8 Å². The van der Waals surface area contributed by atoms with E-state index in [1.807, 2.05) is 0 Å². The van der Waals surface area contributed by atoms with Gasteiger partial charge in [0.25, 0.3) is 0 Å². The summed E-state index contributed by atoms with van der Waals surface area (Å²) in [6.07, 6.45) is 6.08. The maximum Gasteiger partial charge on any atom is 0.0293 e. The Hall–Kier alpha value is -0.460. The van der Waals surface area contributed by atoms with Gasteiger partial charge in [-0.3, -0.25) is 0 Å². The molecule has 0 amide bonds. The summed E-state index contributed by atoms with van der Waals surface area (Å²) in [6.45, 7) is 6.78. The Morgan fingerprint density at radius 3 is 2.82 bits per heavy atom. The summed E-state index contributed by atoms with van der Waals surface area (Å²) in [5, 5.41) is 3.43. The van der Waals surface area contributed by atoms with Gasteiger partial charge in [0.05, 0.1) is 0 Å². The monoisotopic (exact) mass is 153 g/mol. The van der Waals surface area contributed by atoms with Gasteiger partial charge in [0.1, 0.15) is 0 Å². The molecule has 64 valence electrons. The molecule has 0 aromatic carbocycles. The highest BCUT2D eigenvalue weighted by atomic mass is 14.9. The van der Waals surface area contributed by atoms with Crippen molar-refractivity contribution in [1.82, 2.24) is 5.32 Å². The van der Waals surface area contributed by atoms with E-state index in [1.54, 1.807) is 5.57 Å². The minimum Gasteiger partial charge on any atom is -0.388 e. The second-order valence-corrected chi connectivity index (χ2v) is 3.73. The van der Waals surface area contributed by atoms with Gasteiger partial charge in [-0.05, 0) is 30.5 Å². The van der Waals surface area contributed by atoms with Gasteiger partial charge in [0, 0.05) is 6.04 Å². The molecule has 1 heteroatoms. The quantitative estimate of drug-likeness (QED) is 0.657. The van der Waals surface area contributed by atoms with Crippen LogP contribution in [0.25, 0.3) is 0 Å². The lowest BCUT2D eigenvalue weighted by atomic mass is 9.98. The zero-order valence-corrected chi connectivity index (χ0v) is 7.85. The highest BCUT2D eigenvalue weighted by molar-refractivity contribution is 5.12. The van der Waals surface area contributed by atoms with E-state index in [2.05, 4.69) is 32.3 Å². The van der Waals surface area contributed by atoms with Gasteiger partial charge >= 0.3 is 0 Å². The van der Waals surface area contributed by atoms with Crippen molar-refractivity contribution in [3.8, 4) is 0 Å². The Morgan fingerprint density at radius 2 is 2.36 bits per heavy atom. The summed E-state index contributed by atoms with van der Waals surface area (Å²) in [6, 6.07) is 0.734. The third-order valence-corrected chi connectivity index (χ3v) is 2.37. The summed E-state index contributed by atoms with van der Waals surface area (Å²) in [5.41, 5.74) is 1.59. The molecule has 0 radical (unpaired) electrons. The summed E-state index contributed by atoms with van der Waals surface area (Å²) in [7, 11) is 0. The Kier molecular flexibility index (Phi) is 2.98. The Bertz CT molecular complexity index is 147. The third-order valence-electron chi connectivity index (χ3n) is 2.37. The Balaban J connectivity index is 2.31. The SMILES string of the molecule is CCCC1CC(C(C)C)=CN1. The van der Waals surface area contributed by atoms with Crippen molar-refractivity contribution in [3.63, 3.8) is 0 Å². The molecule has 0 fully saturated rings. The molecule has 1 nitrogen and oxygen atoms in total. The molecular formula is C10H19N. The number of rotatable bonds is 3. The lowest BCUT2D eigenvalue weighted by Gasteiger charge is -2.10. The van der Waals surface area contributed by atoms with Crippen LogP contribution in [0.5, 0.6) is 0 Å². The first-order chi connectivity index (χ1) is 5.24. The minimum absolute atomic E-state index is 0.726. The van der Waals surface area contributed by atoms with Crippen LogP contribution in [0.2, 0.25) is 0 Å². The van der Waals surface area contributed by atoms with Gasteiger partial charge in [-0.2, -0.15) is 0 Å². The second-order valence-electron chi connectivity index (χ2n) is 3.73. The number of nitrogens with one attached hydrogen (secondary N) is 1. The molecule has 0 aliphatic carbocycles. The smallest absolute Gasteiger partial charge is 0.0293 e. The van der Waals surface area contributed by atoms with Crippen LogP contribution < -0.4 is 5.32 Å². The normalized spacial score (nSPS) is 23.6. The molecule has 0 saturated heterocycles. The first kappa shape index (κ1) is 8.63. The topological polar surface area (TPSA) is 12.0 Å². The van der Waals surface area contributed by atoms with Gasteiger partial charge in [0.2, 0.25) is 0 Å². The van der Waals surface area contributed by atoms with Gasteiger partial charge < -0.3 is 5.32 Å². The molecule has 0 aromatic heterocycles. The summed E-state index contributed by atoms with van der Waals surface area (Å²) in [5.74, 6) is 0.726. The van der Waals surface area contributed by atoms with Gasteiger partial charge in [-0.1, -0.05) is 27.2 Å². The predicted molar refractivity (Wildman–Crippen MR) is 49.4 cm³/mol. The summed E-state index contributed by atoms with van der Waals surface area (Å²) >= 11 is 0. The van der Waals surface area contributed by atoms with E-state index in [0.29, 0.717) is 0 Å². The summed E-state index contributed by atoms with van der Waals surface area (Å²) < 4.78 is 0. The van der Waals surface area contributed by atoms with Crippen molar-refractivity contribution in [2.24, 2.45) is 5.92 Å².